The maximum atomic E-state index is 12.5. The summed E-state index contributed by atoms with van der Waals surface area (Å²) in [6.45, 7) is 11.3. The lowest BCUT2D eigenvalue weighted by Gasteiger charge is -2.41. The van der Waals surface area contributed by atoms with E-state index in [4.69, 9.17) is 0 Å². The average molecular weight is 354 g/mol. The molecule has 2 heterocycles. The van der Waals surface area contributed by atoms with Crippen LogP contribution in [-0.2, 0) is 0 Å². The Hall–Kier alpha value is -2.14. The summed E-state index contributed by atoms with van der Waals surface area (Å²) < 4.78 is 1.90. The first kappa shape index (κ1) is 18.6. The van der Waals surface area contributed by atoms with Crippen molar-refractivity contribution in [2.45, 2.75) is 52.5 Å². The van der Waals surface area contributed by atoms with Gasteiger partial charge >= 0.3 is 0 Å². The van der Waals surface area contributed by atoms with Crippen LogP contribution in [0.5, 0.6) is 0 Å². The van der Waals surface area contributed by atoms with Gasteiger partial charge in [0.05, 0.1) is 11.4 Å². The second kappa shape index (κ2) is 7.62. The molecule has 1 amide bonds. The van der Waals surface area contributed by atoms with E-state index in [1.54, 1.807) is 0 Å². The maximum Gasteiger partial charge on any atom is 0.251 e. The molecular formula is C21H30N4O. The van der Waals surface area contributed by atoms with Crippen LogP contribution in [0.2, 0.25) is 0 Å². The molecule has 5 nitrogen and oxygen atoms in total. The Bertz CT molecular complexity index is 755. The normalized spacial score (nSPS) is 15.8. The molecule has 0 bridgehead atoms. The van der Waals surface area contributed by atoms with Crippen LogP contribution in [0.25, 0.3) is 5.69 Å². The molecule has 0 aliphatic carbocycles. The number of nitrogens with one attached hydrogen (secondary N) is 1. The van der Waals surface area contributed by atoms with Gasteiger partial charge in [0.15, 0.2) is 0 Å². The average Bonchev–Trinajstić information content (AvgIpc) is 2.99. The van der Waals surface area contributed by atoms with E-state index in [1.165, 1.54) is 19.3 Å². The summed E-state index contributed by atoms with van der Waals surface area (Å²) in [5, 5.41) is 7.59. The zero-order valence-corrected chi connectivity index (χ0v) is 16.4. The number of aryl methyl sites for hydroxylation is 2. The summed E-state index contributed by atoms with van der Waals surface area (Å²) in [5.74, 6) is -0.0185. The van der Waals surface area contributed by atoms with Crippen LogP contribution in [-0.4, -0.2) is 45.8 Å². The van der Waals surface area contributed by atoms with Gasteiger partial charge in [0, 0.05) is 23.3 Å². The lowest BCUT2D eigenvalue weighted by molar-refractivity contribution is 0.0797. The Morgan fingerprint density at radius 3 is 2.35 bits per heavy atom. The van der Waals surface area contributed by atoms with Gasteiger partial charge in [-0.3, -0.25) is 9.69 Å². The predicted octanol–water partition coefficient (Wildman–Crippen LogP) is 3.48. The molecule has 26 heavy (non-hydrogen) atoms. The van der Waals surface area contributed by atoms with E-state index in [0.29, 0.717) is 12.1 Å². The van der Waals surface area contributed by atoms with Crippen molar-refractivity contribution in [2.75, 3.05) is 19.6 Å². The van der Waals surface area contributed by atoms with E-state index in [2.05, 4.69) is 29.2 Å². The number of benzene rings is 1. The first-order chi connectivity index (χ1) is 12.4. The van der Waals surface area contributed by atoms with Crippen molar-refractivity contribution in [1.29, 1.82) is 0 Å². The molecule has 1 aliphatic heterocycles. The fourth-order valence-electron chi connectivity index (χ4n) is 3.65. The predicted molar refractivity (Wildman–Crippen MR) is 105 cm³/mol. The van der Waals surface area contributed by atoms with Gasteiger partial charge in [-0.2, -0.15) is 5.10 Å². The molecule has 5 heteroatoms. The van der Waals surface area contributed by atoms with Gasteiger partial charge in [0.2, 0.25) is 0 Å². The number of amides is 1. The third-order valence-electron chi connectivity index (χ3n) is 5.28. The van der Waals surface area contributed by atoms with Crippen molar-refractivity contribution >= 4 is 5.91 Å². The molecule has 140 valence electrons. The van der Waals surface area contributed by atoms with E-state index in [-0.39, 0.29) is 11.4 Å². The third-order valence-corrected chi connectivity index (χ3v) is 5.28. The quantitative estimate of drug-likeness (QED) is 0.894. The van der Waals surface area contributed by atoms with Crippen molar-refractivity contribution in [3.8, 4) is 5.69 Å². The molecule has 0 radical (unpaired) electrons. The standard InChI is InChI=1S/C21H30N4O/c1-16-14-17(2)25(23-16)19-10-8-18(9-11-19)20(26)22-15-21(3,4)24-12-6-5-7-13-24/h8-11,14H,5-7,12-13,15H2,1-4H3,(H,22,26). The maximum absolute atomic E-state index is 12.5. The molecule has 0 spiro atoms. The minimum Gasteiger partial charge on any atom is -0.350 e. The summed E-state index contributed by atoms with van der Waals surface area (Å²) in [6, 6.07) is 9.68. The van der Waals surface area contributed by atoms with Crippen LogP contribution >= 0.6 is 0 Å². The molecule has 1 N–H and O–H groups in total. The van der Waals surface area contributed by atoms with Crippen LogP contribution in [0, 0.1) is 13.8 Å². The molecule has 0 unspecified atom stereocenters. The molecule has 1 aliphatic rings. The highest BCUT2D eigenvalue weighted by Crippen LogP contribution is 2.20. The number of likely N-dealkylation sites (tertiary alicyclic amines) is 1. The molecule has 2 aromatic rings. The van der Waals surface area contributed by atoms with E-state index in [9.17, 15) is 4.79 Å². The minimum atomic E-state index is -0.0185. The number of piperidine rings is 1. The van der Waals surface area contributed by atoms with Gasteiger partial charge in [-0.1, -0.05) is 6.42 Å². The number of hydrogen-bond donors (Lipinski definition) is 1. The highest BCUT2D eigenvalue weighted by atomic mass is 16.1. The first-order valence-corrected chi connectivity index (χ1v) is 9.54. The number of aromatic nitrogens is 2. The molecule has 3 rings (SSSR count). The van der Waals surface area contributed by atoms with Crippen molar-refractivity contribution in [1.82, 2.24) is 20.0 Å². The van der Waals surface area contributed by atoms with Gasteiger partial charge in [0.1, 0.15) is 0 Å². The van der Waals surface area contributed by atoms with Gasteiger partial charge in [0.25, 0.3) is 5.91 Å². The molecular weight excluding hydrogens is 324 g/mol. The van der Waals surface area contributed by atoms with Crippen LogP contribution < -0.4 is 5.32 Å². The molecule has 1 fully saturated rings. The number of hydrogen-bond acceptors (Lipinski definition) is 3. The molecule has 0 saturated carbocycles. The lowest BCUT2D eigenvalue weighted by atomic mass is 9.98. The fourth-order valence-corrected chi connectivity index (χ4v) is 3.65. The number of carbonyl (C=O) groups excluding carboxylic acids is 1. The lowest BCUT2D eigenvalue weighted by Crippen LogP contribution is -2.53. The summed E-state index contributed by atoms with van der Waals surface area (Å²) in [4.78, 5) is 15.0. The zero-order chi connectivity index (χ0) is 18.7. The number of rotatable bonds is 5. The van der Waals surface area contributed by atoms with Gasteiger partial charge < -0.3 is 5.32 Å². The van der Waals surface area contributed by atoms with Gasteiger partial charge in [-0.05, 0) is 84.0 Å². The number of nitrogens with zero attached hydrogens (tertiary/aromatic N) is 3. The molecule has 1 aromatic carbocycles. The van der Waals surface area contributed by atoms with E-state index < -0.39 is 0 Å². The van der Waals surface area contributed by atoms with Crippen molar-refractivity contribution in [3.63, 3.8) is 0 Å². The first-order valence-electron chi connectivity index (χ1n) is 9.54. The summed E-state index contributed by atoms with van der Waals surface area (Å²) in [7, 11) is 0. The van der Waals surface area contributed by atoms with E-state index in [1.807, 2.05) is 48.9 Å². The second-order valence-electron chi connectivity index (χ2n) is 7.93. The highest BCUT2D eigenvalue weighted by Gasteiger charge is 2.28. The fraction of sp³-hybridized carbons (Fsp3) is 0.524. The molecule has 1 aromatic heterocycles. The van der Waals surface area contributed by atoms with Crippen molar-refractivity contribution in [3.05, 3.63) is 47.3 Å². The van der Waals surface area contributed by atoms with Crippen LogP contribution in [0.4, 0.5) is 0 Å². The minimum absolute atomic E-state index is 0.0142. The van der Waals surface area contributed by atoms with Crippen molar-refractivity contribution < 1.29 is 4.79 Å². The summed E-state index contributed by atoms with van der Waals surface area (Å²) >= 11 is 0. The molecule has 1 saturated heterocycles. The Balaban J connectivity index is 1.62. The summed E-state index contributed by atoms with van der Waals surface area (Å²) in [6.07, 6.45) is 3.83. The Labute approximate surface area is 156 Å². The second-order valence-corrected chi connectivity index (χ2v) is 7.93. The Morgan fingerprint density at radius 1 is 1.12 bits per heavy atom. The zero-order valence-electron chi connectivity index (χ0n) is 16.4. The van der Waals surface area contributed by atoms with Gasteiger partial charge in [-0.15, -0.1) is 0 Å². The third kappa shape index (κ3) is 4.15. The van der Waals surface area contributed by atoms with Gasteiger partial charge in [-0.25, -0.2) is 4.68 Å². The monoisotopic (exact) mass is 354 g/mol. The Kier molecular flexibility index (Phi) is 5.47. The largest absolute Gasteiger partial charge is 0.350 e. The van der Waals surface area contributed by atoms with E-state index >= 15 is 0 Å². The Morgan fingerprint density at radius 2 is 1.77 bits per heavy atom. The smallest absolute Gasteiger partial charge is 0.251 e. The van der Waals surface area contributed by atoms with Crippen molar-refractivity contribution in [2.24, 2.45) is 0 Å². The highest BCUT2D eigenvalue weighted by molar-refractivity contribution is 5.94. The molecule has 0 atom stereocenters. The van der Waals surface area contributed by atoms with E-state index in [0.717, 1.165) is 30.2 Å². The van der Waals surface area contributed by atoms with Crippen LogP contribution in [0.1, 0.15) is 54.9 Å². The topological polar surface area (TPSA) is 50.2 Å². The SMILES string of the molecule is Cc1cc(C)n(-c2ccc(C(=O)NCC(C)(C)N3CCCCC3)cc2)n1. The number of carbonyl (C=O) groups is 1. The van der Waals surface area contributed by atoms with Crippen LogP contribution in [0.3, 0.4) is 0 Å². The summed E-state index contributed by atoms with van der Waals surface area (Å²) in [5.41, 5.74) is 3.72. The van der Waals surface area contributed by atoms with Crippen LogP contribution in [0.15, 0.2) is 30.3 Å².